The van der Waals surface area contributed by atoms with Gasteiger partial charge in [-0.05, 0) is 37.5 Å². The Balaban J connectivity index is 0.00000352. The highest BCUT2D eigenvalue weighted by molar-refractivity contribution is 7.97. The molecule has 4 nitrogen and oxygen atoms in total. The second kappa shape index (κ2) is 18.0. The molecule has 0 fully saturated rings. The van der Waals surface area contributed by atoms with E-state index in [1.807, 2.05) is 30.9 Å². The summed E-state index contributed by atoms with van der Waals surface area (Å²) in [6.07, 6.45) is 5.07. The number of thiol groups is 1. The lowest BCUT2D eigenvalue weighted by molar-refractivity contribution is -0.128. The molecule has 0 aromatic heterocycles. The summed E-state index contributed by atoms with van der Waals surface area (Å²) in [6.45, 7) is 13.5. The molecule has 0 saturated carbocycles. The number of hydrogen-bond acceptors (Lipinski definition) is 5. The minimum atomic E-state index is 0.121. The SMILES string of the molecule is C=CCN(CCCCCSNC(C)c1cccc(OCCS)c1)C(C)=O.CC. The van der Waals surface area contributed by atoms with Crippen LogP contribution in [0.15, 0.2) is 36.9 Å². The topological polar surface area (TPSA) is 41.6 Å². The standard InChI is InChI=1S/C20H32N2O2S2.C2H6/c1-4-11-22(18(3)23)12-6-5-7-15-26-21-17(2)19-9-8-10-20(16-19)24-13-14-25;1-2/h4,8-10,16-17,21,25H,1,5-7,11-15H2,2-3H3;1-2H3. The van der Waals surface area contributed by atoms with Crippen molar-refractivity contribution in [1.82, 2.24) is 9.62 Å². The first-order valence-electron chi connectivity index (χ1n) is 10.2. The summed E-state index contributed by atoms with van der Waals surface area (Å²) in [5.41, 5.74) is 1.22. The second-order valence-corrected chi connectivity index (χ2v) is 7.53. The minimum absolute atomic E-state index is 0.121. The van der Waals surface area contributed by atoms with Crippen LogP contribution in [0.1, 0.15) is 58.6 Å². The highest BCUT2D eigenvalue weighted by atomic mass is 32.2. The maximum absolute atomic E-state index is 11.4. The highest BCUT2D eigenvalue weighted by Gasteiger charge is 2.07. The smallest absolute Gasteiger partial charge is 0.219 e. The van der Waals surface area contributed by atoms with Crippen LogP contribution in [0.25, 0.3) is 0 Å². The number of benzene rings is 1. The van der Waals surface area contributed by atoms with Crippen molar-refractivity contribution in [3.63, 3.8) is 0 Å². The molecule has 0 heterocycles. The van der Waals surface area contributed by atoms with Crippen LogP contribution in [0.3, 0.4) is 0 Å². The molecule has 1 aromatic rings. The predicted molar refractivity (Wildman–Crippen MR) is 127 cm³/mol. The molecule has 0 bridgehead atoms. The van der Waals surface area contributed by atoms with Crippen molar-refractivity contribution in [2.75, 3.05) is 31.2 Å². The van der Waals surface area contributed by atoms with Crippen LogP contribution in [0, 0.1) is 0 Å². The van der Waals surface area contributed by atoms with Crippen molar-refractivity contribution < 1.29 is 9.53 Å². The molecule has 0 saturated heterocycles. The number of carbonyl (C=O) groups is 1. The van der Waals surface area contributed by atoms with Crippen LogP contribution in [0.2, 0.25) is 0 Å². The Bertz CT molecular complexity index is 541. The van der Waals surface area contributed by atoms with Crippen molar-refractivity contribution in [1.29, 1.82) is 0 Å². The van der Waals surface area contributed by atoms with Gasteiger partial charge in [0.25, 0.3) is 0 Å². The van der Waals surface area contributed by atoms with Crippen molar-refractivity contribution >= 4 is 30.5 Å². The van der Waals surface area contributed by atoms with E-state index in [1.54, 1.807) is 24.9 Å². The third kappa shape index (κ3) is 12.4. The predicted octanol–water partition coefficient (Wildman–Crippen LogP) is 5.53. The molecule has 0 aliphatic carbocycles. The Morgan fingerprint density at radius 2 is 2.11 bits per heavy atom. The molecule has 28 heavy (non-hydrogen) atoms. The number of unbranched alkanes of at least 4 members (excludes halogenated alkanes) is 2. The molecule has 1 N–H and O–H groups in total. The first-order valence-corrected chi connectivity index (χ1v) is 11.8. The van der Waals surface area contributed by atoms with Gasteiger partial charge in [-0.15, -0.1) is 6.58 Å². The van der Waals surface area contributed by atoms with Gasteiger partial charge in [0.2, 0.25) is 5.91 Å². The number of rotatable bonds is 14. The van der Waals surface area contributed by atoms with Gasteiger partial charge in [0.05, 0.1) is 6.61 Å². The van der Waals surface area contributed by atoms with E-state index in [0.717, 1.165) is 37.3 Å². The lowest BCUT2D eigenvalue weighted by atomic mass is 10.1. The normalized spacial score (nSPS) is 11.2. The fraction of sp³-hybridized carbons (Fsp3) is 0.591. The fourth-order valence-electron chi connectivity index (χ4n) is 2.48. The van der Waals surface area contributed by atoms with E-state index in [2.05, 4.69) is 43.0 Å². The molecular weight excluding hydrogens is 388 g/mol. The fourth-order valence-corrected chi connectivity index (χ4v) is 3.42. The monoisotopic (exact) mass is 426 g/mol. The van der Waals surface area contributed by atoms with Crippen LogP contribution in [0.5, 0.6) is 5.75 Å². The quantitative estimate of drug-likeness (QED) is 0.178. The maximum atomic E-state index is 11.4. The number of hydrogen-bond donors (Lipinski definition) is 2. The summed E-state index contributed by atoms with van der Waals surface area (Å²) in [5, 5.41) is 0. The van der Waals surface area contributed by atoms with Gasteiger partial charge >= 0.3 is 0 Å². The summed E-state index contributed by atoms with van der Waals surface area (Å²) in [7, 11) is 0. The zero-order valence-electron chi connectivity index (χ0n) is 17.9. The van der Waals surface area contributed by atoms with Gasteiger partial charge in [-0.2, -0.15) is 12.6 Å². The van der Waals surface area contributed by atoms with Gasteiger partial charge in [-0.3, -0.25) is 9.52 Å². The van der Waals surface area contributed by atoms with Crippen LogP contribution >= 0.6 is 24.6 Å². The van der Waals surface area contributed by atoms with Gasteiger partial charge in [0, 0.05) is 37.6 Å². The molecule has 1 unspecified atom stereocenters. The number of carbonyl (C=O) groups excluding carboxylic acids is 1. The average molecular weight is 427 g/mol. The summed E-state index contributed by atoms with van der Waals surface area (Å²) in [5.74, 6) is 2.79. The zero-order chi connectivity index (χ0) is 21.2. The Morgan fingerprint density at radius 1 is 1.36 bits per heavy atom. The summed E-state index contributed by atoms with van der Waals surface area (Å²) in [6, 6.07) is 8.46. The van der Waals surface area contributed by atoms with Gasteiger partial charge in [0.15, 0.2) is 0 Å². The lowest BCUT2D eigenvalue weighted by Gasteiger charge is -2.19. The minimum Gasteiger partial charge on any atom is -0.493 e. The van der Waals surface area contributed by atoms with Crippen LogP contribution in [0.4, 0.5) is 0 Å². The van der Waals surface area contributed by atoms with Crippen LogP contribution < -0.4 is 9.46 Å². The number of ether oxygens (including phenoxy) is 1. The Kier molecular flexibility index (Phi) is 17.2. The van der Waals surface area contributed by atoms with Crippen LogP contribution in [-0.2, 0) is 4.79 Å². The molecule has 1 atom stereocenters. The maximum Gasteiger partial charge on any atom is 0.219 e. The van der Waals surface area contributed by atoms with Crippen molar-refractivity contribution in [2.45, 2.75) is 53.0 Å². The van der Waals surface area contributed by atoms with E-state index < -0.39 is 0 Å². The largest absolute Gasteiger partial charge is 0.493 e. The van der Waals surface area contributed by atoms with Crippen molar-refractivity contribution in [3.8, 4) is 5.75 Å². The molecule has 1 amide bonds. The van der Waals surface area contributed by atoms with Crippen molar-refractivity contribution in [3.05, 3.63) is 42.5 Å². The van der Waals surface area contributed by atoms with E-state index in [4.69, 9.17) is 4.74 Å². The number of nitrogens with zero attached hydrogens (tertiary/aromatic N) is 1. The van der Waals surface area contributed by atoms with Crippen LogP contribution in [-0.4, -0.2) is 42.0 Å². The summed E-state index contributed by atoms with van der Waals surface area (Å²) >= 11 is 5.92. The Morgan fingerprint density at radius 3 is 2.75 bits per heavy atom. The van der Waals surface area contributed by atoms with Gasteiger partial charge in [-0.25, -0.2) is 0 Å². The lowest BCUT2D eigenvalue weighted by Crippen LogP contribution is -2.29. The van der Waals surface area contributed by atoms with Gasteiger partial charge < -0.3 is 9.64 Å². The van der Waals surface area contributed by atoms with E-state index in [0.29, 0.717) is 18.9 Å². The average Bonchev–Trinajstić information content (AvgIpc) is 2.72. The molecule has 1 aromatic carbocycles. The summed E-state index contributed by atoms with van der Waals surface area (Å²) < 4.78 is 9.11. The molecule has 0 aliphatic rings. The second-order valence-electron chi connectivity index (χ2n) is 6.15. The number of nitrogens with one attached hydrogen (secondary N) is 1. The molecule has 160 valence electrons. The molecule has 0 radical (unpaired) electrons. The molecule has 0 aliphatic heterocycles. The number of amides is 1. The highest BCUT2D eigenvalue weighted by Crippen LogP contribution is 2.21. The first-order chi connectivity index (χ1) is 13.6. The Hall–Kier alpha value is -1.11. The molecular formula is C22H38N2O2S2. The van der Waals surface area contributed by atoms with E-state index in [9.17, 15) is 4.79 Å². The first kappa shape index (κ1) is 26.9. The van der Waals surface area contributed by atoms with Gasteiger partial charge in [-0.1, -0.05) is 50.4 Å². The molecule has 1 rings (SSSR count). The zero-order valence-corrected chi connectivity index (χ0v) is 19.7. The molecule has 0 spiro atoms. The molecule has 6 heteroatoms. The Labute approximate surface area is 182 Å². The van der Waals surface area contributed by atoms with Gasteiger partial charge in [0.1, 0.15) is 5.75 Å². The van der Waals surface area contributed by atoms with E-state index >= 15 is 0 Å². The third-order valence-corrected chi connectivity index (χ3v) is 5.14. The summed E-state index contributed by atoms with van der Waals surface area (Å²) in [4.78, 5) is 13.3. The van der Waals surface area contributed by atoms with E-state index in [-0.39, 0.29) is 11.9 Å². The van der Waals surface area contributed by atoms with E-state index in [1.165, 1.54) is 5.56 Å². The third-order valence-electron chi connectivity index (χ3n) is 3.95. The van der Waals surface area contributed by atoms with Crippen molar-refractivity contribution in [2.24, 2.45) is 0 Å².